The van der Waals surface area contributed by atoms with Crippen molar-refractivity contribution in [3.63, 3.8) is 0 Å². The Hall–Kier alpha value is -4.11. The summed E-state index contributed by atoms with van der Waals surface area (Å²) in [7, 11) is 0. The molecule has 6 nitrogen and oxygen atoms in total. The highest BCUT2D eigenvalue weighted by Crippen LogP contribution is 2.26. The lowest BCUT2D eigenvalue weighted by molar-refractivity contribution is -0.122. The molecule has 4 rings (SSSR count). The molecular formula is C23H17N3O3. The van der Waals surface area contributed by atoms with E-state index in [0.29, 0.717) is 17.8 Å². The van der Waals surface area contributed by atoms with Crippen LogP contribution in [0.2, 0.25) is 0 Å². The van der Waals surface area contributed by atoms with E-state index in [1.54, 1.807) is 30.5 Å². The van der Waals surface area contributed by atoms with Gasteiger partial charge in [-0.25, -0.2) is 9.69 Å². The highest BCUT2D eigenvalue weighted by Gasteiger charge is 2.36. The number of terminal acetylenes is 1. The van der Waals surface area contributed by atoms with Gasteiger partial charge in [0, 0.05) is 22.7 Å². The highest BCUT2D eigenvalue weighted by atomic mass is 16.2. The van der Waals surface area contributed by atoms with Gasteiger partial charge in [0.25, 0.3) is 11.8 Å². The van der Waals surface area contributed by atoms with Crippen molar-refractivity contribution in [2.24, 2.45) is 0 Å². The van der Waals surface area contributed by atoms with Crippen molar-refractivity contribution in [1.82, 2.24) is 9.88 Å². The van der Waals surface area contributed by atoms with Gasteiger partial charge in [0.1, 0.15) is 5.57 Å². The van der Waals surface area contributed by atoms with E-state index in [2.05, 4.69) is 11.2 Å². The molecule has 1 aliphatic heterocycles. The van der Waals surface area contributed by atoms with Crippen LogP contribution in [0.3, 0.4) is 0 Å². The largest absolute Gasteiger partial charge is 0.335 e. The maximum absolute atomic E-state index is 13.0. The first kappa shape index (κ1) is 18.3. The summed E-state index contributed by atoms with van der Waals surface area (Å²) in [6, 6.07) is 13.7. The molecule has 0 aliphatic carbocycles. The van der Waals surface area contributed by atoms with Gasteiger partial charge >= 0.3 is 6.03 Å². The van der Waals surface area contributed by atoms with Crippen molar-refractivity contribution >= 4 is 40.5 Å². The Balaban J connectivity index is 1.81. The minimum Gasteiger partial charge on any atom is -0.335 e. The van der Waals surface area contributed by atoms with E-state index in [1.165, 1.54) is 6.08 Å². The number of barbiturate groups is 1. The topological polar surface area (TPSA) is 71.4 Å². The normalized spacial score (nSPS) is 15.7. The van der Waals surface area contributed by atoms with Crippen molar-refractivity contribution in [3.05, 3.63) is 71.4 Å². The number of urea groups is 1. The van der Waals surface area contributed by atoms with E-state index in [4.69, 9.17) is 6.42 Å². The van der Waals surface area contributed by atoms with Crippen LogP contribution in [0.25, 0.3) is 17.0 Å². The van der Waals surface area contributed by atoms with Crippen LogP contribution in [0.15, 0.2) is 60.3 Å². The number of hydrogen-bond acceptors (Lipinski definition) is 3. The number of para-hydroxylation sites is 1. The van der Waals surface area contributed by atoms with Crippen LogP contribution < -0.4 is 10.2 Å². The summed E-state index contributed by atoms with van der Waals surface area (Å²) in [5.74, 6) is 1.20. The minimum absolute atomic E-state index is 0.117. The Labute approximate surface area is 167 Å². The molecule has 3 aromatic rings. The number of hydrogen-bond donors (Lipinski definition) is 1. The number of benzene rings is 2. The van der Waals surface area contributed by atoms with Gasteiger partial charge in [0.05, 0.1) is 12.2 Å². The Morgan fingerprint density at radius 1 is 1.07 bits per heavy atom. The number of carbonyl (C=O) groups is 3. The van der Waals surface area contributed by atoms with Crippen LogP contribution >= 0.6 is 0 Å². The molecule has 142 valence electrons. The maximum Gasteiger partial charge on any atom is 0.335 e. The Morgan fingerprint density at radius 2 is 1.79 bits per heavy atom. The van der Waals surface area contributed by atoms with Crippen molar-refractivity contribution in [2.75, 3.05) is 4.90 Å². The van der Waals surface area contributed by atoms with E-state index in [0.717, 1.165) is 21.4 Å². The number of amides is 4. The Morgan fingerprint density at radius 3 is 2.52 bits per heavy atom. The Kier molecular flexibility index (Phi) is 4.49. The summed E-state index contributed by atoms with van der Waals surface area (Å²) >= 11 is 0. The minimum atomic E-state index is -0.768. The monoisotopic (exact) mass is 383 g/mol. The van der Waals surface area contributed by atoms with Gasteiger partial charge in [-0.2, -0.15) is 0 Å². The third-order valence-electron chi connectivity index (χ3n) is 4.77. The number of fused-ring (bicyclic) bond motifs is 1. The molecule has 0 saturated carbocycles. The molecule has 0 unspecified atom stereocenters. The quantitative estimate of drug-likeness (QED) is 0.429. The maximum atomic E-state index is 13.0. The Bertz CT molecular complexity index is 1230. The zero-order valence-corrected chi connectivity index (χ0v) is 15.7. The molecular weight excluding hydrogens is 366 g/mol. The number of nitrogens with one attached hydrogen (secondary N) is 1. The number of nitrogens with zero attached hydrogens (tertiary/aromatic N) is 2. The molecule has 0 radical (unpaired) electrons. The molecule has 4 amide bonds. The predicted molar refractivity (Wildman–Crippen MR) is 111 cm³/mol. The number of imide groups is 2. The third-order valence-corrected chi connectivity index (χ3v) is 4.77. The highest BCUT2D eigenvalue weighted by molar-refractivity contribution is 6.39. The first-order chi connectivity index (χ1) is 14.0. The first-order valence-corrected chi connectivity index (χ1v) is 8.99. The van der Waals surface area contributed by atoms with E-state index in [9.17, 15) is 14.4 Å². The average Bonchev–Trinajstić information content (AvgIpc) is 3.04. The molecule has 0 bridgehead atoms. The molecule has 0 spiro atoms. The summed E-state index contributed by atoms with van der Waals surface area (Å²) in [4.78, 5) is 38.8. The molecule has 1 aromatic heterocycles. The third kappa shape index (κ3) is 3.19. The lowest BCUT2D eigenvalue weighted by atomic mass is 10.1. The van der Waals surface area contributed by atoms with Crippen LogP contribution in [0.5, 0.6) is 0 Å². The molecule has 2 aromatic carbocycles. The molecule has 29 heavy (non-hydrogen) atoms. The second-order valence-electron chi connectivity index (χ2n) is 6.73. The standard InChI is InChI=1S/C23H17N3O3/c1-3-12-25-14-16(18-6-4-5-7-20(18)25)13-19-21(27)24-23(29)26(22(19)28)17-10-8-15(2)9-11-17/h1,4-11,13-14H,12H2,2H3,(H,24,27,29)/b19-13+. The molecule has 1 fully saturated rings. The van der Waals surface area contributed by atoms with Gasteiger partial charge in [0.2, 0.25) is 0 Å². The van der Waals surface area contributed by atoms with Crippen LogP contribution in [-0.2, 0) is 16.1 Å². The zero-order chi connectivity index (χ0) is 20.5. The molecule has 1 saturated heterocycles. The smallest absolute Gasteiger partial charge is 0.335 e. The van der Waals surface area contributed by atoms with E-state index < -0.39 is 17.8 Å². The molecule has 1 N–H and O–H groups in total. The van der Waals surface area contributed by atoms with E-state index in [-0.39, 0.29) is 5.57 Å². The number of aromatic nitrogens is 1. The van der Waals surface area contributed by atoms with Crippen molar-refractivity contribution in [3.8, 4) is 12.3 Å². The van der Waals surface area contributed by atoms with Gasteiger partial charge in [-0.15, -0.1) is 6.42 Å². The fourth-order valence-corrected chi connectivity index (χ4v) is 3.36. The zero-order valence-electron chi connectivity index (χ0n) is 15.7. The second kappa shape index (κ2) is 7.13. The second-order valence-corrected chi connectivity index (χ2v) is 6.73. The van der Waals surface area contributed by atoms with Gasteiger partial charge in [-0.05, 0) is 31.2 Å². The summed E-state index contributed by atoms with van der Waals surface area (Å²) in [5.41, 5.74) is 2.84. The summed E-state index contributed by atoms with van der Waals surface area (Å²) in [6.45, 7) is 2.26. The summed E-state index contributed by atoms with van der Waals surface area (Å²) in [5, 5.41) is 3.10. The molecule has 1 aliphatic rings. The first-order valence-electron chi connectivity index (χ1n) is 8.99. The van der Waals surface area contributed by atoms with Crippen molar-refractivity contribution < 1.29 is 14.4 Å². The fourth-order valence-electron chi connectivity index (χ4n) is 3.36. The fraction of sp³-hybridized carbons (Fsp3) is 0.0870. The van der Waals surface area contributed by atoms with E-state index >= 15 is 0 Å². The molecule has 2 heterocycles. The predicted octanol–water partition coefficient (Wildman–Crippen LogP) is 3.25. The van der Waals surface area contributed by atoms with Crippen LogP contribution in [0, 0.1) is 19.3 Å². The number of carbonyl (C=O) groups excluding carboxylic acids is 3. The van der Waals surface area contributed by atoms with Crippen LogP contribution in [0.4, 0.5) is 10.5 Å². The van der Waals surface area contributed by atoms with Crippen LogP contribution in [0.1, 0.15) is 11.1 Å². The lowest BCUT2D eigenvalue weighted by Gasteiger charge is -2.26. The van der Waals surface area contributed by atoms with Gasteiger partial charge in [0.15, 0.2) is 0 Å². The lowest BCUT2D eigenvalue weighted by Crippen LogP contribution is -2.54. The van der Waals surface area contributed by atoms with Crippen molar-refractivity contribution in [2.45, 2.75) is 13.5 Å². The van der Waals surface area contributed by atoms with Crippen LogP contribution in [-0.4, -0.2) is 22.4 Å². The van der Waals surface area contributed by atoms with Gasteiger partial charge in [-0.3, -0.25) is 14.9 Å². The summed E-state index contributed by atoms with van der Waals surface area (Å²) in [6.07, 6.45) is 8.75. The van der Waals surface area contributed by atoms with Crippen molar-refractivity contribution in [1.29, 1.82) is 0 Å². The molecule has 0 atom stereocenters. The summed E-state index contributed by atoms with van der Waals surface area (Å²) < 4.78 is 1.87. The molecule has 6 heteroatoms. The van der Waals surface area contributed by atoms with E-state index in [1.807, 2.05) is 35.8 Å². The SMILES string of the molecule is C#CCn1cc(/C=C2\C(=O)NC(=O)N(c3ccc(C)cc3)C2=O)c2ccccc21. The number of aryl methyl sites for hydroxylation is 1. The number of anilines is 1. The average molecular weight is 383 g/mol. The van der Waals surface area contributed by atoms with Gasteiger partial charge in [-0.1, -0.05) is 41.8 Å². The number of rotatable bonds is 3. The van der Waals surface area contributed by atoms with Gasteiger partial charge < -0.3 is 4.57 Å².